The maximum atomic E-state index is 6.47. The molecule has 19 heavy (non-hydrogen) atoms. The summed E-state index contributed by atoms with van der Waals surface area (Å²) in [6.07, 6.45) is 2.11. The van der Waals surface area contributed by atoms with Gasteiger partial charge in [0, 0.05) is 44.8 Å². The molecule has 0 aliphatic carbocycles. The van der Waals surface area contributed by atoms with E-state index in [2.05, 4.69) is 41.0 Å². The van der Waals surface area contributed by atoms with Gasteiger partial charge >= 0.3 is 0 Å². The molecule has 3 saturated heterocycles. The van der Waals surface area contributed by atoms with Crippen LogP contribution in [0.5, 0.6) is 0 Å². The van der Waals surface area contributed by atoms with Crippen LogP contribution < -0.4 is 5.73 Å². The van der Waals surface area contributed by atoms with Crippen molar-refractivity contribution in [1.82, 2.24) is 9.80 Å². The lowest BCUT2D eigenvalue weighted by molar-refractivity contribution is 0.00258. The Morgan fingerprint density at radius 1 is 1.11 bits per heavy atom. The summed E-state index contributed by atoms with van der Waals surface area (Å²) in [5, 5.41) is 0. The molecule has 1 aromatic rings. The molecule has 1 aromatic carbocycles. The third-order valence-electron chi connectivity index (χ3n) is 4.72. The fraction of sp³-hybridized carbons (Fsp3) is 0.625. The Morgan fingerprint density at radius 2 is 1.74 bits per heavy atom. The number of piperazine rings is 3. The number of hydrogen-bond acceptors (Lipinski definition) is 3. The number of nitrogens with zero attached hydrogens (tertiary/aromatic N) is 2. The number of fused-ring (bicyclic) bond motifs is 3. The van der Waals surface area contributed by atoms with E-state index < -0.39 is 0 Å². The zero-order valence-corrected chi connectivity index (χ0v) is 11.9. The molecular weight excluding hydrogens is 234 g/mol. The van der Waals surface area contributed by atoms with Crippen LogP contribution in [-0.4, -0.2) is 54.6 Å². The smallest absolute Gasteiger partial charge is 0.0378 e. The Hall–Kier alpha value is -0.900. The van der Waals surface area contributed by atoms with Crippen molar-refractivity contribution in [1.29, 1.82) is 0 Å². The van der Waals surface area contributed by atoms with Crippen LogP contribution in [0, 0.1) is 0 Å². The van der Waals surface area contributed by atoms with E-state index in [1.807, 2.05) is 0 Å². The van der Waals surface area contributed by atoms with Crippen molar-refractivity contribution >= 4 is 0 Å². The van der Waals surface area contributed by atoms with Crippen molar-refractivity contribution < 1.29 is 0 Å². The molecule has 0 aromatic heterocycles. The summed E-state index contributed by atoms with van der Waals surface area (Å²) in [6.45, 7) is 8.22. The van der Waals surface area contributed by atoms with Gasteiger partial charge in [0.15, 0.2) is 0 Å². The summed E-state index contributed by atoms with van der Waals surface area (Å²) in [6, 6.07) is 9.77. The largest absolute Gasteiger partial charge is 0.326 e. The lowest BCUT2D eigenvalue weighted by Crippen LogP contribution is -2.66. The van der Waals surface area contributed by atoms with Crippen LogP contribution in [0.25, 0.3) is 0 Å². The van der Waals surface area contributed by atoms with Crippen LogP contribution in [-0.2, 0) is 12.8 Å². The van der Waals surface area contributed by atoms with E-state index in [0.717, 1.165) is 19.4 Å². The van der Waals surface area contributed by atoms with Gasteiger partial charge in [0.1, 0.15) is 0 Å². The van der Waals surface area contributed by atoms with E-state index in [-0.39, 0.29) is 6.04 Å². The molecule has 3 nitrogen and oxygen atoms in total. The van der Waals surface area contributed by atoms with Crippen LogP contribution in [0.15, 0.2) is 24.3 Å². The van der Waals surface area contributed by atoms with Crippen LogP contribution in [0.4, 0.5) is 0 Å². The molecule has 2 atom stereocenters. The van der Waals surface area contributed by atoms with Crippen LogP contribution in [0.3, 0.4) is 0 Å². The Balaban J connectivity index is 1.62. The van der Waals surface area contributed by atoms with Gasteiger partial charge in [-0.2, -0.15) is 0 Å². The molecular formula is C16H25N3. The van der Waals surface area contributed by atoms with E-state index in [0.29, 0.717) is 6.04 Å². The molecule has 3 heteroatoms. The van der Waals surface area contributed by atoms with Gasteiger partial charge in [0.05, 0.1) is 0 Å². The van der Waals surface area contributed by atoms with E-state index in [4.69, 9.17) is 5.73 Å². The van der Waals surface area contributed by atoms with Crippen molar-refractivity contribution in [3.8, 4) is 0 Å². The molecule has 3 fully saturated rings. The summed E-state index contributed by atoms with van der Waals surface area (Å²) in [7, 11) is 0. The van der Waals surface area contributed by atoms with E-state index >= 15 is 0 Å². The number of nitrogens with two attached hydrogens (primary N) is 1. The van der Waals surface area contributed by atoms with Gasteiger partial charge in [0.2, 0.25) is 0 Å². The SMILES string of the molecule is CCc1ccc(CC(N)C2CN3CCN2CC3)cc1. The fourth-order valence-electron chi connectivity index (χ4n) is 3.38. The Labute approximate surface area is 116 Å². The minimum atomic E-state index is 0.260. The van der Waals surface area contributed by atoms with Gasteiger partial charge in [-0.3, -0.25) is 9.80 Å². The first kappa shape index (κ1) is 13.1. The standard InChI is InChI=1S/C16H25N3/c1-2-13-3-5-14(6-4-13)11-15(17)16-12-18-7-9-19(16)10-8-18/h3-6,15-16H,2,7-12,17H2,1H3. The highest BCUT2D eigenvalue weighted by molar-refractivity contribution is 5.23. The van der Waals surface area contributed by atoms with Crippen molar-refractivity contribution in [2.24, 2.45) is 5.73 Å². The third-order valence-corrected chi connectivity index (χ3v) is 4.72. The van der Waals surface area contributed by atoms with Crippen molar-refractivity contribution in [3.63, 3.8) is 0 Å². The average molecular weight is 259 g/mol. The summed E-state index contributed by atoms with van der Waals surface area (Å²) < 4.78 is 0. The topological polar surface area (TPSA) is 32.5 Å². The monoisotopic (exact) mass is 259 g/mol. The molecule has 0 spiro atoms. The summed E-state index contributed by atoms with van der Waals surface area (Å²) in [4.78, 5) is 5.15. The first-order valence-corrected chi connectivity index (χ1v) is 7.56. The fourth-order valence-corrected chi connectivity index (χ4v) is 3.38. The highest BCUT2D eigenvalue weighted by atomic mass is 15.3. The average Bonchev–Trinajstić information content (AvgIpc) is 2.49. The lowest BCUT2D eigenvalue weighted by atomic mass is 9.94. The van der Waals surface area contributed by atoms with Gasteiger partial charge in [-0.25, -0.2) is 0 Å². The Kier molecular flexibility index (Phi) is 3.87. The number of hydrogen-bond donors (Lipinski definition) is 1. The molecule has 0 amide bonds. The van der Waals surface area contributed by atoms with Crippen LogP contribution in [0.2, 0.25) is 0 Å². The van der Waals surface area contributed by atoms with Gasteiger partial charge in [-0.1, -0.05) is 31.2 Å². The second-order valence-electron chi connectivity index (χ2n) is 5.94. The summed E-state index contributed by atoms with van der Waals surface area (Å²) >= 11 is 0. The summed E-state index contributed by atoms with van der Waals surface area (Å²) in [5.41, 5.74) is 9.25. The van der Waals surface area contributed by atoms with E-state index in [9.17, 15) is 0 Å². The summed E-state index contributed by atoms with van der Waals surface area (Å²) in [5.74, 6) is 0. The highest BCUT2D eigenvalue weighted by Gasteiger charge is 2.35. The Morgan fingerprint density at radius 3 is 2.26 bits per heavy atom. The Bertz CT molecular complexity index is 407. The van der Waals surface area contributed by atoms with Crippen LogP contribution >= 0.6 is 0 Å². The number of aryl methyl sites for hydroxylation is 1. The number of benzene rings is 1. The lowest BCUT2D eigenvalue weighted by Gasteiger charge is -2.49. The van der Waals surface area contributed by atoms with Gasteiger partial charge in [0.25, 0.3) is 0 Å². The molecule has 104 valence electrons. The molecule has 0 radical (unpaired) electrons. The first-order valence-electron chi connectivity index (χ1n) is 7.56. The van der Waals surface area contributed by atoms with E-state index in [1.165, 1.54) is 37.3 Å². The minimum Gasteiger partial charge on any atom is -0.326 e. The van der Waals surface area contributed by atoms with Crippen LogP contribution in [0.1, 0.15) is 18.1 Å². The number of rotatable bonds is 4. The van der Waals surface area contributed by atoms with Gasteiger partial charge in [-0.05, 0) is 24.0 Å². The molecule has 4 rings (SSSR count). The zero-order valence-electron chi connectivity index (χ0n) is 11.9. The molecule has 3 aliphatic heterocycles. The molecule has 2 N–H and O–H groups in total. The highest BCUT2D eigenvalue weighted by Crippen LogP contribution is 2.19. The quantitative estimate of drug-likeness (QED) is 0.879. The zero-order chi connectivity index (χ0) is 13.2. The second kappa shape index (κ2) is 5.61. The molecule has 0 saturated carbocycles. The normalized spacial score (nSPS) is 31.4. The minimum absolute atomic E-state index is 0.260. The predicted octanol–water partition coefficient (Wildman–Crippen LogP) is 1.12. The maximum Gasteiger partial charge on any atom is 0.0378 e. The predicted molar refractivity (Wildman–Crippen MR) is 79.3 cm³/mol. The van der Waals surface area contributed by atoms with E-state index in [1.54, 1.807) is 0 Å². The molecule has 3 aliphatic rings. The van der Waals surface area contributed by atoms with Gasteiger partial charge in [-0.15, -0.1) is 0 Å². The first-order chi connectivity index (χ1) is 9.26. The molecule has 2 unspecified atom stereocenters. The molecule has 3 heterocycles. The third kappa shape index (κ3) is 2.83. The van der Waals surface area contributed by atoms with Crippen molar-refractivity contribution in [2.45, 2.75) is 31.8 Å². The van der Waals surface area contributed by atoms with Crippen molar-refractivity contribution in [2.75, 3.05) is 32.7 Å². The van der Waals surface area contributed by atoms with Gasteiger partial charge < -0.3 is 5.73 Å². The maximum absolute atomic E-state index is 6.47. The van der Waals surface area contributed by atoms with Crippen molar-refractivity contribution in [3.05, 3.63) is 35.4 Å². The second-order valence-corrected chi connectivity index (χ2v) is 5.94. The molecule has 2 bridgehead atoms.